The topological polar surface area (TPSA) is 59.3 Å². The number of rotatable bonds is 4. The summed E-state index contributed by atoms with van der Waals surface area (Å²) >= 11 is 3.19. The van der Waals surface area contributed by atoms with Crippen molar-refractivity contribution in [2.24, 2.45) is 0 Å². The van der Waals surface area contributed by atoms with Crippen LogP contribution in [0.15, 0.2) is 17.8 Å². The number of imidazole rings is 1. The van der Waals surface area contributed by atoms with Crippen molar-refractivity contribution < 1.29 is 4.79 Å². The molecule has 0 aliphatic carbocycles. The molecule has 3 rings (SSSR count). The lowest BCUT2D eigenvalue weighted by Crippen LogP contribution is -2.41. The quantitative estimate of drug-likeness (QED) is 0.798. The molecule has 0 spiro atoms. The van der Waals surface area contributed by atoms with Crippen molar-refractivity contribution in [3.05, 3.63) is 39.0 Å². The molecule has 0 radical (unpaired) electrons. The highest BCUT2D eigenvalue weighted by Crippen LogP contribution is 2.27. The van der Waals surface area contributed by atoms with E-state index >= 15 is 0 Å². The third-order valence-corrected chi connectivity index (χ3v) is 5.67. The van der Waals surface area contributed by atoms with Crippen LogP contribution in [0.25, 0.3) is 4.96 Å². The van der Waals surface area contributed by atoms with Crippen molar-refractivity contribution >= 4 is 33.5 Å². The molecule has 3 aromatic heterocycles. The Bertz CT molecular complexity index is 780. The van der Waals surface area contributed by atoms with E-state index in [1.54, 1.807) is 22.7 Å². The fourth-order valence-electron chi connectivity index (χ4n) is 2.21. The first-order valence-corrected chi connectivity index (χ1v) is 8.71. The summed E-state index contributed by atoms with van der Waals surface area (Å²) in [5, 5.41) is 5.97. The van der Waals surface area contributed by atoms with Crippen molar-refractivity contribution in [3.63, 3.8) is 0 Å². The average molecular weight is 334 g/mol. The van der Waals surface area contributed by atoms with Crippen LogP contribution < -0.4 is 5.32 Å². The zero-order valence-corrected chi connectivity index (χ0v) is 14.6. The molecule has 5 nitrogen and oxygen atoms in total. The van der Waals surface area contributed by atoms with Gasteiger partial charge in [0.15, 0.2) is 4.96 Å². The van der Waals surface area contributed by atoms with Gasteiger partial charge in [0.1, 0.15) is 5.01 Å². The zero-order valence-electron chi connectivity index (χ0n) is 13.0. The molecule has 1 amide bonds. The third kappa shape index (κ3) is 2.91. The van der Waals surface area contributed by atoms with E-state index in [-0.39, 0.29) is 12.3 Å². The molecule has 22 heavy (non-hydrogen) atoms. The maximum Gasteiger partial charge on any atom is 0.226 e. The second kappa shape index (κ2) is 5.48. The van der Waals surface area contributed by atoms with Gasteiger partial charge in [0.05, 0.1) is 23.3 Å². The molecule has 7 heteroatoms. The van der Waals surface area contributed by atoms with Crippen molar-refractivity contribution in [2.45, 2.75) is 39.7 Å². The Kier molecular flexibility index (Phi) is 3.78. The van der Waals surface area contributed by atoms with E-state index < -0.39 is 5.54 Å². The molecule has 3 heterocycles. The van der Waals surface area contributed by atoms with E-state index in [4.69, 9.17) is 0 Å². The van der Waals surface area contributed by atoms with Crippen LogP contribution in [0.4, 0.5) is 0 Å². The molecule has 0 unspecified atom stereocenters. The molecular formula is C15H18N4OS2. The largest absolute Gasteiger partial charge is 0.344 e. The van der Waals surface area contributed by atoms with Crippen molar-refractivity contribution in [1.82, 2.24) is 19.7 Å². The fraction of sp³-hybridized carbons (Fsp3) is 0.400. The van der Waals surface area contributed by atoms with E-state index in [2.05, 4.69) is 15.3 Å². The Labute approximate surface area is 137 Å². The minimum absolute atomic E-state index is 0.0405. The summed E-state index contributed by atoms with van der Waals surface area (Å²) in [5.41, 5.74) is 1.33. The van der Waals surface area contributed by atoms with Gasteiger partial charge in [-0.2, -0.15) is 0 Å². The molecule has 0 saturated heterocycles. The fourth-order valence-corrected chi connectivity index (χ4v) is 3.90. The van der Waals surface area contributed by atoms with Crippen molar-refractivity contribution in [3.8, 4) is 0 Å². The standard InChI is InChI=1S/C15H18N4OS2/c1-9-10(2)22-13(16-9)15(3,4)18-12(20)7-11-8-19-5-6-21-14(19)17-11/h5-6,8H,7H2,1-4H3,(H,18,20). The van der Waals surface area contributed by atoms with Gasteiger partial charge in [0.25, 0.3) is 0 Å². The average Bonchev–Trinajstić information content (AvgIpc) is 3.05. The molecule has 0 atom stereocenters. The lowest BCUT2D eigenvalue weighted by atomic mass is 10.1. The molecule has 0 bridgehead atoms. The van der Waals surface area contributed by atoms with E-state index in [1.807, 2.05) is 49.9 Å². The summed E-state index contributed by atoms with van der Waals surface area (Å²) in [6.45, 7) is 8.00. The molecule has 1 N–H and O–H groups in total. The molecule has 3 aromatic rings. The number of hydrogen-bond acceptors (Lipinski definition) is 5. The third-order valence-electron chi connectivity index (χ3n) is 3.50. The Morgan fingerprint density at radius 1 is 1.36 bits per heavy atom. The van der Waals surface area contributed by atoms with Gasteiger partial charge in [0.2, 0.25) is 5.91 Å². The monoisotopic (exact) mass is 334 g/mol. The summed E-state index contributed by atoms with van der Waals surface area (Å²) in [7, 11) is 0. The number of nitrogens with zero attached hydrogens (tertiary/aromatic N) is 3. The van der Waals surface area contributed by atoms with Crippen LogP contribution in [-0.2, 0) is 16.8 Å². The lowest BCUT2D eigenvalue weighted by Gasteiger charge is -2.23. The van der Waals surface area contributed by atoms with Crippen molar-refractivity contribution in [2.75, 3.05) is 0 Å². The first-order valence-electron chi connectivity index (χ1n) is 7.02. The molecule has 116 valence electrons. The Balaban J connectivity index is 1.71. The van der Waals surface area contributed by atoms with Crippen LogP contribution in [0.1, 0.15) is 35.1 Å². The van der Waals surface area contributed by atoms with Gasteiger partial charge in [0, 0.05) is 22.7 Å². The number of aromatic nitrogens is 3. The van der Waals surface area contributed by atoms with Crippen LogP contribution in [0.5, 0.6) is 0 Å². The highest BCUT2D eigenvalue weighted by molar-refractivity contribution is 7.15. The number of carbonyl (C=O) groups is 1. The molecule has 0 fully saturated rings. The van der Waals surface area contributed by atoms with Crippen LogP contribution in [0.2, 0.25) is 0 Å². The molecular weight excluding hydrogens is 316 g/mol. The number of nitrogens with one attached hydrogen (secondary N) is 1. The molecule has 0 aliphatic rings. The van der Waals surface area contributed by atoms with Gasteiger partial charge >= 0.3 is 0 Å². The van der Waals surface area contributed by atoms with Crippen molar-refractivity contribution in [1.29, 1.82) is 0 Å². The van der Waals surface area contributed by atoms with Gasteiger partial charge in [-0.1, -0.05) is 0 Å². The summed E-state index contributed by atoms with van der Waals surface area (Å²) < 4.78 is 1.94. The second-order valence-electron chi connectivity index (χ2n) is 5.84. The summed E-state index contributed by atoms with van der Waals surface area (Å²) in [6.07, 6.45) is 4.12. The molecule has 0 aliphatic heterocycles. The minimum Gasteiger partial charge on any atom is -0.344 e. The second-order valence-corrected chi connectivity index (χ2v) is 7.91. The van der Waals surface area contributed by atoms with Crippen LogP contribution in [-0.4, -0.2) is 20.3 Å². The summed E-state index contributed by atoms with van der Waals surface area (Å²) in [4.78, 5) is 23.4. The van der Waals surface area contributed by atoms with Crippen LogP contribution >= 0.6 is 22.7 Å². The van der Waals surface area contributed by atoms with E-state index in [9.17, 15) is 4.79 Å². The van der Waals surface area contributed by atoms with E-state index in [0.717, 1.165) is 21.4 Å². The van der Waals surface area contributed by atoms with Gasteiger partial charge < -0.3 is 5.32 Å². The first kappa shape index (κ1) is 15.2. The minimum atomic E-state index is -0.474. The van der Waals surface area contributed by atoms with E-state index in [1.165, 1.54) is 4.88 Å². The highest BCUT2D eigenvalue weighted by atomic mass is 32.1. The Hall–Kier alpha value is -1.73. The molecule has 0 saturated carbocycles. The van der Waals surface area contributed by atoms with Gasteiger partial charge in [-0.15, -0.1) is 22.7 Å². The summed E-state index contributed by atoms with van der Waals surface area (Å²) in [6, 6.07) is 0. The first-order chi connectivity index (χ1) is 10.3. The smallest absolute Gasteiger partial charge is 0.226 e. The normalized spacial score (nSPS) is 12.0. The Morgan fingerprint density at radius 3 is 2.77 bits per heavy atom. The number of fused-ring (bicyclic) bond motifs is 1. The predicted molar refractivity (Wildman–Crippen MR) is 89.5 cm³/mol. The number of carbonyl (C=O) groups excluding carboxylic acids is 1. The van der Waals surface area contributed by atoms with Crippen LogP contribution in [0, 0.1) is 13.8 Å². The SMILES string of the molecule is Cc1nc(C(C)(C)NC(=O)Cc2cn3ccsc3n2)sc1C. The highest BCUT2D eigenvalue weighted by Gasteiger charge is 2.27. The maximum absolute atomic E-state index is 12.3. The lowest BCUT2D eigenvalue weighted by molar-refractivity contribution is -0.122. The van der Waals surface area contributed by atoms with Gasteiger partial charge in [-0.05, 0) is 27.7 Å². The predicted octanol–water partition coefficient (Wildman–Crippen LogP) is 3.06. The maximum atomic E-state index is 12.3. The number of hydrogen-bond donors (Lipinski definition) is 1. The molecule has 0 aromatic carbocycles. The zero-order chi connectivity index (χ0) is 15.9. The van der Waals surface area contributed by atoms with Gasteiger partial charge in [-0.25, -0.2) is 9.97 Å². The summed E-state index contributed by atoms with van der Waals surface area (Å²) in [5.74, 6) is -0.0405. The number of amides is 1. The Morgan fingerprint density at radius 2 is 2.14 bits per heavy atom. The van der Waals surface area contributed by atoms with E-state index in [0.29, 0.717) is 0 Å². The van der Waals surface area contributed by atoms with Gasteiger partial charge in [-0.3, -0.25) is 9.20 Å². The van der Waals surface area contributed by atoms with Crippen LogP contribution in [0.3, 0.4) is 0 Å². The number of thiazole rings is 2. The number of aryl methyl sites for hydroxylation is 2.